The van der Waals surface area contributed by atoms with E-state index in [2.05, 4.69) is 31.9 Å². The molecule has 0 bridgehead atoms. The van der Waals surface area contributed by atoms with E-state index < -0.39 is 11.2 Å². The molecule has 0 radical (unpaired) electrons. The van der Waals surface area contributed by atoms with Crippen molar-refractivity contribution in [1.82, 2.24) is 9.66 Å². The topological polar surface area (TPSA) is 85.7 Å². The van der Waals surface area contributed by atoms with Crippen LogP contribution in [0.5, 0.6) is 11.5 Å². The summed E-state index contributed by atoms with van der Waals surface area (Å²) in [5.74, 6) is 3.35. The van der Waals surface area contributed by atoms with Gasteiger partial charge in [0.1, 0.15) is 6.61 Å². The number of rotatable bonds is 6. The van der Waals surface area contributed by atoms with Crippen LogP contribution in [0.2, 0.25) is 0 Å². The summed E-state index contributed by atoms with van der Waals surface area (Å²) in [5.41, 5.74) is -0.0875. The number of fused-ring (bicyclic) bond motifs is 1. The van der Waals surface area contributed by atoms with Gasteiger partial charge in [-0.05, 0) is 47.1 Å². The average molecular weight is 442 g/mol. The number of para-hydroxylation sites is 1. The van der Waals surface area contributed by atoms with Crippen molar-refractivity contribution >= 4 is 33.0 Å². The molecule has 0 aliphatic heterocycles. The molecule has 3 rings (SSSR count). The summed E-state index contributed by atoms with van der Waals surface area (Å²) >= 11 is 3.42. The molecule has 0 aliphatic carbocycles. The Morgan fingerprint density at radius 3 is 2.75 bits per heavy atom. The normalized spacial score (nSPS) is 10.9. The highest BCUT2D eigenvalue weighted by molar-refractivity contribution is 9.10. The van der Waals surface area contributed by atoms with Crippen LogP contribution in [-0.2, 0) is 0 Å². The highest BCUT2D eigenvalue weighted by Gasteiger charge is 2.11. The fraction of sp³-hybridized carbons (Fsp3) is 0.150. The Kier molecular flexibility index (Phi) is 5.96. The number of nitrogens with one attached hydrogen (secondary N) is 1. The highest BCUT2D eigenvalue weighted by Crippen LogP contribution is 2.33. The van der Waals surface area contributed by atoms with Crippen LogP contribution in [0.1, 0.15) is 12.5 Å². The maximum Gasteiger partial charge on any atom is 0.349 e. The SMILES string of the molecule is C#CCOc1cc(Br)c(C=Nn2c(=O)[nH]c3ccccc3c2=O)cc1OCC. The first-order chi connectivity index (χ1) is 13.5. The first kappa shape index (κ1) is 19.5. The first-order valence-corrected chi connectivity index (χ1v) is 9.15. The standard InChI is InChI=1S/C20H16BrN3O4/c1-3-9-28-18-11-15(21)13(10-17(18)27-4-2)12-22-24-19(25)14-7-5-6-8-16(14)23-20(24)26/h1,5-8,10-12H,4,9H2,2H3,(H,23,26). The summed E-state index contributed by atoms with van der Waals surface area (Å²) in [4.78, 5) is 27.4. The minimum atomic E-state index is -0.630. The smallest absolute Gasteiger partial charge is 0.349 e. The molecule has 0 spiro atoms. The third-order valence-corrected chi connectivity index (χ3v) is 4.46. The fourth-order valence-corrected chi connectivity index (χ4v) is 2.95. The van der Waals surface area contributed by atoms with Gasteiger partial charge < -0.3 is 14.5 Å². The number of halogens is 1. The summed E-state index contributed by atoms with van der Waals surface area (Å²) < 4.78 is 12.5. The zero-order valence-corrected chi connectivity index (χ0v) is 16.5. The molecule has 1 aromatic heterocycles. The second-order valence-electron chi connectivity index (χ2n) is 5.58. The van der Waals surface area contributed by atoms with E-state index in [9.17, 15) is 9.59 Å². The largest absolute Gasteiger partial charge is 0.490 e. The van der Waals surface area contributed by atoms with E-state index in [4.69, 9.17) is 15.9 Å². The molecule has 3 aromatic rings. The van der Waals surface area contributed by atoms with Gasteiger partial charge in [0.15, 0.2) is 11.5 Å². The summed E-state index contributed by atoms with van der Waals surface area (Å²) in [6, 6.07) is 10.1. The predicted octanol–water partition coefficient (Wildman–Crippen LogP) is 2.75. The van der Waals surface area contributed by atoms with Gasteiger partial charge in [0.2, 0.25) is 0 Å². The predicted molar refractivity (Wildman–Crippen MR) is 111 cm³/mol. The fourth-order valence-electron chi connectivity index (χ4n) is 2.53. The van der Waals surface area contributed by atoms with Crippen LogP contribution in [0, 0.1) is 12.3 Å². The maximum absolute atomic E-state index is 12.6. The van der Waals surface area contributed by atoms with Gasteiger partial charge in [-0.25, -0.2) is 4.79 Å². The lowest BCUT2D eigenvalue weighted by atomic mass is 10.2. The number of hydrogen-bond donors (Lipinski definition) is 1. The molecular formula is C20H16BrN3O4. The van der Waals surface area contributed by atoms with E-state index in [1.807, 2.05) is 6.92 Å². The molecule has 1 N–H and O–H groups in total. The number of benzene rings is 2. The van der Waals surface area contributed by atoms with Crippen molar-refractivity contribution in [3.63, 3.8) is 0 Å². The Morgan fingerprint density at radius 2 is 2.00 bits per heavy atom. The Balaban J connectivity index is 2.04. The van der Waals surface area contributed by atoms with Gasteiger partial charge in [-0.2, -0.15) is 5.10 Å². The minimum absolute atomic E-state index is 0.0990. The number of hydrogen-bond acceptors (Lipinski definition) is 5. The quantitative estimate of drug-likeness (QED) is 0.470. The number of ether oxygens (including phenoxy) is 2. The Morgan fingerprint density at radius 1 is 1.25 bits per heavy atom. The summed E-state index contributed by atoms with van der Waals surface area (Å²) in [7, 11) is 0. The van der Waals surface area contributed by atoms with E-state index in [1.165, 1.54) is 6.21 Å². The van der Waals surface area contributed by atoms with Gasteiger partial charge in [0.25, 0.3) is 5.56 Å². The average Bonchev–Trinajstić information content (AvgIpc) is 2.68. The second kappa shape index (κ2) is 8.59. The van der Waals surface area contributed by atoms with Crippen LogP contribution in [0.4, 0.5) is 0 Å². The summed E-state index contributed by atoms with van der Waals surface area (Å²) in [6.07, 6.45) is 6.63. The van der Waals surface area contributed by atoms with Crippen LogP contribution in [0.15, 0.2) is 55.6 Å². The lowest BCUT2D eigenvalue weighted by Crippen LogP contribution is -2.32. The van der Waals surface area contributed by atoms with Gasteiger partial charge in [0, 0.05) is 10.0 Å². The van der Waals surface area contributed by atoms with Crippen LogP contribution >= 0.6 is 15.9 Å². The van der Waals surface area contributed by atoms with Crippen molar-refractivity contribution in [2.45, 2.75) is 6.92 Å². The van der Waals surface area contributed by atoms with Crippen LogP contribution in [0.25, 0.3) is 10.9 Å². The van der Waals surface area contributed by atoms with Crippen molar-refractivity contribution in [2.24, 2.45) is 5.10 Å². The lowest BCUT2D eigenvalue weighted by molar-refractivity contribution is 0.299. The Hall–Kier alpha value is -3.31. The van der Waals surface area contributed by atoms with E-state index >= 15 is 0 Å². The molecule has 28 heavy (non-hydrogen) atoms. The summed E-state index contributed by atoms with van der Waals surface area (Å²) in [5, 5.41) is 4.42. The second-order valence-corrected chi connectivity index (χ2v) is 6.44. The minimum Gasteiger partial charge on any atom is -0.490 e. The van der Waals surface area contributed by atoms with E-state index in [0.717, 1.165) is 4.68 Å². The monoisotopic (exact) mass is 441 g/mol. The molecule has 0 aliphatic rings. The molecule has 142 valence electrons. The molecule has 0 saturated carbocycles. The van der Waals surface area contributed by atoms with Crippen molar-refractivity contribution in [3.05, 3.63) is 67.3 Å². The van der Waals surface area contributed by atoms with Gasteiger partial charge in [-0.1, -0.05) is 18.1 Å². The third kappa shape index (κ3) is 4.00. The Bertz CT molecular complexity index is 1200. The zero-order valence-electron chi connectivity index (χ0n) is 14.9. The molecule has 0 atom stereocenters. The van der Waals surface area contributed by atoms with Gasteiger partial charge >= 0.3 is 5.69 Å². The van der Waals surface area contributed by atoms with Crippen LogP contribution < -0.4 is 20.7 Å². The zero-order chi connectivity index (χ0) is 20.1. The molecule has 7 nitrogen and oxygen atoms in total. The first-order valence-electron chi connectivity index (χ1n) is 8.36. The Labute approximate surface area is 168 Å². The van der Waals surface area contributed by atoms with E-state index in [-0.39, 0.29) is 6.61 Å². The molecule has 8 heteroatoms. The molecular weight excluding hydrogens is 426 g/mol. The van der Waals surface area contributed by atoms with Crippen molar-refractivity contribution in [2.75, 3.05) is 13.2 Å². The molecule has 0 unspecified atom stereocenters. The molecule has 0 saturated heterocycles. The number of aromatic nitrogens is 2. The van der Waals surface area contributed by atoms with Gasteiger partial charge in [0.05, 0.1) is 23.7 Å². The van der Waals surface area contributed by atoms with Crippen LogP contribution in [-0.4, -0.2) is 29.1 Å². The third-order valence-electron chi connectivity index (χ3n) is 3.77. The van der Waals surface area contributed by atoms with Gasteiger partial charge in [-0.15, -0.1) is 11.1 Å². The van der Waals surface area contributed by atoms with Gasteiger partial charge in [-0.3, -0.25) is 4.79 Å². The maximum atomic E-state index is 12.6. The van der Waals surface area contributed by atoms with E-state index in [0.29, 0.717) is 39.0 Å². The molecule has 1 heterocycles. The number of nitrogens with zero attached hydrogens (tertiary/aromatic N) is 2. The van der Waals surface area contributed by atoms with Crippen LogP contribution in [0.3, 0.4) is 0 Å². The molecule has 2 aromatic carbocycles. The van der Waals surface area contributed by atoms with E-state index in [1.54, 1.807) is 36.4 Å². The number of terminal acetylenes is 1. The van der Waals surface area contributed by atoms with Crippen molar-refractivity contribution in [1.29, 1.82) is 0 Å². The number of H-pyrrole nitrogens is 1. The van der Waals surface area contributed by atoms with Crippen molar-refractivity contribution < 1.29 is 9.47 Å². The highest BCUT2D eigenvalue weighted by atomic mass is 79.9. The number of aromatic amines is 1. The molecule has 0 amide bonds. The van der Waals surface area contributed by atoms with Crippen molar-refractivity contribution in [3.8, 4) is 23.8 Å². The molecule has 0 fully saturated rings. The lowest BCUT2D eigenvalue weighted by Gasteiger charge is -2.12. The summed E-state index contributed by atoms with van der Waals surface area (Å²) in [6.45, 7) is 2.37.